The SMILES string of the molecule is CC/C(=C(\c1ccc(O)cc1)c1ccc(OCCOCCCCc2ccc3c(c2)C(=O)N(C2CCC(=O)NC2=O)C3=O)cc1)c1ccccc1. The predicted octanol–water partition coefficient (Wildman–Crippen LogP) is 6.58. The molecular formula is C41H40N2O7. The van der Waals surface area contributed by atoms with Crippen molar-refractivity contribution in [3.8, 4) is 11.5 Å². The summed E-state index contributed by atoms with van der Waals surface area (Å²) in [6, 6.07) is 30.0. The van der Waals surface area contributed by atoms with Gasteiger partial charge in [-0.1, -0.05) is 67.6 Å². The molecule has 4 aromatic carbocycles. The fourth-order valence-corrected chi connectivity index (χ4v) is 6.55. The third kappa shape index (κ3) is 7.68. The fraction of sp³-hybridized carbons (Fsp3) is 0.268. The van der Waals surface area contributed by atoms with E-state index in [2.05, 4.69) is 36.5 Å². The molecule has 1 fully saturated rings. The Morgan fingerprint density at radius 1 is 0.780 bits per heavy atom. The summed E-state index contributed by atoms with van der Waals surface area (Å²) >= 11 is 0. The number of nitrogens with zero attached hydrogens (tertiary/aromatic N) is 1. The Hall–Kier alpha value is -5.54. The lowest BCUT2D eigenvalue weighted by Crippen LogP contribution is -2.54. The van der Waals surface area contributed by atoms with E-state index in [4.69, 9.17) is 9.47 Å². The average Bonchev–Trinajstić information content (AvgIpc) is 3.37. The smallest absolute Gasteiger partial charge is 0.262 e. The molecule has 0 aliphatic carbocycles. The van der Waals surface area contributed by atoms with Gasteiger partial charge in [-0.3, -0.25) is 29.4 Å². The molecule has 4 aromatic rings. The zero-order valence-electron chi connectivity index (χ0n) is 28.0. The molecule has 4 amide bonds. The molecule has 1 unspecified atom stereocenters. The van der Waals surface area contributed by atoms with Crippen LogP contribution in [0.1, 0.15) is 82.0 Å². The first-order chi connectivity index (χ1) is 24.3. The van der Waals surface area contributed by atoms with Crippen molar-refractivity contribution in [1.82, 2.24) is 10.2 Å². The number of allylic oxidation sites excluding steroid dienone is 1. The summed E-state index contributed by atoms with van der Waals surface area (Å²) in [7, 11) is 0. The average molecular weight is 673 g/mol. The lowest BCUT2D eigenvalue weighted by atomic mass is 9.88. The molecule has 2 N–H and O–H groups in total. The van der Waals surface area contributed by atoms with Crippen molar-refractivity contribution in [2.24, 2.45) is 0 Å². The third-order valence-electron chi connectivity index (χ3n) is 9.08. The van der Waals surface area contributed by atoms with Crippen molar-refractivity contribution in [3.05, 3.63) is 130 Å². The van der Waals surface area contributed by atoms with Crippen LogP contribution in [0.3, 0.4) is 0 Å². The molecule has 50 heavy (non-hydrogen) atoms. The zero-order valence-corrected chi connectivity index (χ0v) is 28.0. The molecule has 9 heteroatoms. The van der Waals surface area contributed by atoms with Crippen molar-refractivity contribution in [1.29, 1.82) is 0 Å². The third-order valence-corrected chi connectivity index (χ3v) is 9.08. The number of hydrogen-bond donors (Lipinski definition) is 2. The highest BCUT2D eigenvalue weighted by molar-refractivity contribution is 6.23. The number of amides is 4. The number of hydrogen-bond acceptors (Lipinski definition) is 7. The van der Waals surface area contributed by atoms with E-state index in [9.17, 15) is 24.3 Å². The number of phenols is 1. The Morgan fingerprint density at radius 2 is 1.48 bits per heavy atom. The molecular weight excluding hydrogens is 632 g/mol. The highest BCUT2D eigenvalue weighted by Crippen LogP contribution is 2.35. The van der Waals surface area contributed by atoms with Crippen molar-refractivity contribution < 1.29 is 33.8 Å². The summed E-state index contributed by atoms with van der Waals surface area (Å²) in [6.45, 7) is 3.57. The van der Waals surface area contributed by atoms with Crippen molar-refractivity contribution in [2.45, 2.75) is 51.5 Å². The molecule has 2 aliphatic rings. The van der Waals surface area contributed by atoms with Crippen molar-refractivity contribution in [3.63, 3.8) is 0 Å². The number of piperidine rings is 1. The lowest BCUT2D eigenvalue weighted by molar-refractivity contribution is -0.136. The monoisotopic (exact) mass is 672 g/mol. The summed E-state index contributed by atoms with van der Waals surface area (Å²) in [5, 5.41) is 12.1. The molecule has 9 nitrogen and oxygen atoms in total. The van der Waals surface area contributed by atoms with Crippen LogP contribution in [0, 0.1) is 0 Å². The van der Waals surface area contributed by atoms with Gasteiger partial charge in [0.2, 0.25) is 11.8 Å². The number of aryl methyl sites for hydroxylation is 1. The number of nitrogens with one attached hydrogen (secondary N) is 1. The second-order valence-electron chi connectivity index (χ2n) is 12.4. The first kappa shape index (κ1) is 34.3. The molecule has 0 bridgehead atoms. The molecule has 2 aliphatic heterocycles. The van der Waals surface area contributed by atoms with Gasteiger partial charge >= 0.3 is 0 Å². The van der Waals surface area contributed by atoms with Crippen LogP contribution in [0.5, 0.6) is 11.5 Å². The van der Waals surface area contributed by atoms with Crippen LogP contribution in [0.2, 0.25) is 0 Å². The zero-order chi connectivity index (χ0) is 35.0. The highest BCUT2D eigenvalue weighted by atomic mass is 16.5. The first-order valence-corrected chi connectivity index (χ1v) is 17.1. The Bertz CT molecular complexity index is 1900. The van der Waals surface area contributed by atoms with E-state index in [-0.39, 0.29) is 24.2 Å². The number of carbonyl (C=O) groups excluding carboxylic acids is 4. The maximum absolute atomic E-state index is 13.1. The van der Waals surface area contributed by atoms with Crippen LogP contribution >= 0.6 is 0 Å². The minimum absolute atomic E-state index is 0.0906. The molecule has 256 valence electrons. The topological polar surface area (TPSA) is 122 Å². The van der Waals surface area contributed by atoms with Gasteiger partial charge in [0.05, 0.1) is 17.7 Å². The van der Waals surface area contributed by atoms with E-state index in [1.165, 1.54) is 5.57 Å². The summed E-state index contributed by atoms with van der Waals surface area (Å²) in [5.74, 6) is -1.02. The van der Waals surface area contributed by atoms with Crippen molar-refractivity contribution in [2.75, 3.05) is 19.8 Å². The second kappa shape index (κ2) is 15.8. The van der Waals surface area contributed by atoms with Crippen LogP contribution in [0.15, 0.2) is 97.1 Å². The van der Waals surface area contributed by atoms with Crippen LogP contribution in [0.4, 0.5) is 0 Å². The number of benzene rings is 4. The van der Waals surface area contributed by atoms with E-state index in [0.29, 0.717) is 31.8 Å². The van der Waals surface area contributed by atoms with Gasteiger partial charge in [-0.25, -0.2) is 0 Å². The van der Waals surface area contributed by atoms with E-state index in [0.717, 1.165) is 57.7 Å². The van der Waals surface area contributed by atoms with E-state index in [1.54, 1.807) is 24.3 Å². The van der Waals surface area contributed by atoms with Crippen LogP contribution in [0.25, 0.3) is 11.1 Å². The van der Waals surface area contributed by atoms with Gasteiger partial charge < -0.3 is 14.6 Å². The molecule has 1 atom stereocenters. The minimum atomic E-state index is -0.968. The molecule has 2 heterocycles. The number of rotatable bonds is 14. The number of phenolic OH excluding ortho intramolecular Hbond substituents is 1. The predicted molar refractivity (Wildman–Crippen MR) is 190 cm³/mol. The van der Waals surface area contributed by atoms with Gasteiger partial charge in [-0.05, 0) is 102 Å². The summed E-state index contributed by atoms with van der Waals surface area (Å²) in [5.41, 5.74) is 7.10. The normalized spacial score (nSPS) is 16.3. The molecule has 6 rings (SSSR count). The van der Waals surface area contributed by atoms with Crippen LogP contribution in [-0.2, 0) is 20.7 Å². The maximum Gasteiger partial charge on any atom is 0.262 e. The van der Waals surface area contributed by atoms with E-state index < -0.39 is 29.7 Å². The van der Waals surface area contributed by atoms with Gasteiger partial charge in [0.1, 0.15) is 24.1 Å². The van der Waals surface area contributed by atoms with Gasteiger partial charge in [0.25, 0.3) is 11.8 Å². The van der Waals surface area contributed by atoms with Crippen LogP contribution < -0.4 is 10.1 Å². The minimum Gasteiger partial charge on any atom is -0.508 e. The second-order valence-corrected chi connectivity index (χ2v) is 12.4. The number of imide groups is 2. The number of ether oxygens (including phenoxy) is 2. The molecule has 0 radical (unpaired) electrons. The molecule has 0 saturated carbocycles. The number of fused-ring (bicyclic) bond motifs is 1. The number of unbranched alkanes of at least 4 members (excludes halogenated alkanes) is 1. The standard InChI is InChI=1S/C41H40N2O7/c1-2-33(28-9-4-3-5-10-28)38(29-12-16-31(44)17-13-29)30-14-18-32(19-15-30)50-25-24-49-23-7-6-8-27-11-20-34-35(26-27)41(48)43(40(34)47)36-21-22-37(45)42-39(36)46/h3-5,9-20,26,36,44H,2,6-8,21-25H2,1H3,(H,42,45,46)/b38-33-. The molecule has 0 spiro atoms. The molecule has 1 saturated heterocycles. The van der Waals surface area contributed by atoms with E-state index >= 15 is 0 Å². The maximum atomic E-state index is 13.1. The van der Waals surface area contributed by atoms with Crippen molar-refractivity contribution >= 4 is 34.8 Å². The van der Waals surface area contributed by atoms with Gasteiger partial charge in [0.15, 0.2) is 0 Å². The Morgan fingerprint density at radius 3 is 2.18 bits per heavy atom. The lowest BCUT2D eigenvalue weighted by Gasteiger charge is -2.27. The van der Waals surface area contributed by atoms with Gasteiger partial charge in [-0.2, -0.15) is 0 Å². The first-order valence-electron chi connectivity index (χ1n) is 17.1. The van der Waals surface area contributed by atoms with E-state index in [1.807, 2.05) is 48.5 Å². The largest absolute Gasteiger partial charge is 0.508 e. The Balaban J connectivity index is 0.964. The summed E-state index contributed by atoms with van der Waals surface area (Å²) in [4.78, 5) is 50.8. The number of carbonyl (C=O) groups is 4. The van der Waals surface area contributed by atoms with Crippen LogP contribution in [-0.4, -0.2) is 59.5 Å². The summed E-state index contributed by atoms with van der Waals surface area (Å²) < 4.78 is 11.8. The Kier molecular flexibility index (Phi) is 10.8. The Labute approximate surface area is 291 Å². The summed E-state index contributed by atoms with van der Waals surface area (Å²) in [6.07, 6.45) is 3.43. The fourth-order valence-electron chi connectivity index (χ4n) is 6.55. The highest BCUT2D eigenvalue weighted by Gasteiger charge is 2.44. The van der Waals surface area contributed by atoms with Gasteiger partial charge in [-0.15, -0.1) is 0 Å². The molecule has 0 aromatic heterocycles. The van der Waals surface area contributed by atoms with Gasteiger partial charge in [0, 0.05) is 13.0 Å². The number of aromatic hydroxyl groups is 1. The quantitative estimate of drug-likeness (QED) is 0.0882.